The quantitative estimate of drug-likeness (QED) is 0.886. The predicted octanol–water partition coefficient (Wildman–Crippen LogP) is 2.65. The lowest BCUT2D eigenvalue weighted by Gasteiger charge is -2.30. The monoisotopic (exact) mass is 260 g/mol. The van der Waals surface area contributed by atoms with E-state index in [0.29, 0.717) is 6.04 Å². The molecule has 1 aliphatic heterocycles. The van der Waals surface area contributed by atoms with Crippen molar-refractivity contribution in [1.82, 2.24) is 5.32 Å². The molecule has 1 aromatic rings. The smallest absolute Gasteiger partial charge is 0.229 e. The van der Waals surface area contributed by atoms with Gasteiger partial charge in [-0.05, 0) is 63.4 Å². The first-order valence-electron chi connectivity index (χ1n) is 7.06. The number of anilines is 1. The van der Waals surface area contributed by atoms with Crippen molar-refractivity contribution in [2.24, 2.45) is 5.92 Å². The molecular weight excluding hydrogens is 236 g/mol. The minimum atomic E-state index is 0.155. The van der Waals surface area contributed by atoms with Gasteiger partial charge in [0.15, 0.2) is 0 Å². The zero-order valence-electron chi connectivity index (χ0n) is 12.4. The normalized spacial score (nSPS) is 23.2. The summed E-state index contributed by atoms with van der Waals surface area (Å²) < 4.78 is 0. The van der Waals surface area contributed by atoms with E-state index in [-0.39, 0.29) is 11.8 Å². The van der Waals surface area contributed by atoms with Crippen LogP contribution < -0.4 is 10.2 Å². The first-order valence-corrected chi connectivity index (χ1v) is 7.06. The molecule has 0 bridgehead atoms. The lowest BCUT2D eigenvalue weighted by molar-refractivity contribution is -0.123. The molecule has 2 unspecified atom stereocenters. The number of carbonyl (C=O) groups is 1. The molecule has 0 spiro atoms. The van der Waals surface area contributed by atoms with E-state index in [0.717, 1.165) is 25.1 Å². The van der Waals surface area contributed by atoms with Gasteiger partial charge in [0.1, 0.15) is 0 Å². The van der Waals surface area contributed by atoms with Crippen LogP contribution in [-0.4, -0.2) is 25.5 Å². The maximum absolute atomic E-state index is 12.6. The van der Waals surface area contributed by atoms with Crippen LogP contribution in [0.2, 0.25) is 0 Å². The second kappa shape index (κ2) is 5.74. The van der Waals surface area contributed by atoms with Crippen LogP contribution in [0.25, 0.3) is 0 Å². The minimum absolute atomic E-state index is 0.155. The van der Waals surface area contributed by atoms with Crippen LogP contribution >= 0.6 is 0 Å². The number of carbonyl (C=O) groups excluding carboxylic acids is 1. The zero-order chi connectivity index (χ0) is 14.0. The van der Waals surface area contributed by atoms with Crippen molar-refractivity contribution >= 4 is 11.6 Å². The highest BCUT2D eigenvalue weighted by Gasteiger charge is 2.27. The Morgan fingerprint density at radius 3 is 2.47 bits per heavy atom. The number of hydrogen-bond acceptors (Lipinski definition) is 2. The number of nitrogens with zero attached hydrogens (tertiary/aromatic N) is 1. The van der Waals surface area contributed by atoms with Gasteiger partial charge in [-0.2, -0.15) is 0 Å². The fraction of sp³-hybridized carbons (Fsp3) is 0.562. The molecule has 2 atom stereocenters. The van der Waals surface area contributed by atoms with E-state index < -0.39 is 0 Å². The summed E-state index contributed by atoms with van der Waals surface area (Å²) in [6.45, 7) is 7.23. The Morgan fingerprint density at radius 2 is 1.89 bits per heavy atom. The zero-order valence-corrected chi connectivity index (χ0v) is 12.4. The van der Waals surface area contributed by atoms with Crippen molar-refractivity contribution in [2.75, 3.05) is 18.5 Å². The highest BCUT2D eigenvalue weighted by atomic mass is 16.2. The standard InChI is InChI=1S/C16H24N2O/c1-11-7-12(2)9-15(8-11)18(4)16(19)14-5-6-17-13(3)10-14/h7-9,13-14,17H,5-6,10H2,1-4H3. The molecule has 0 saturated carbocycles. The molecule has 0 aromatic heterocycles. The van der Waals surface area contributed by atoms with Crippen molar-refractivity contribution in [2.45, 2.75) is 39.7 Å². The Hall–Kier alpha value is -1.35. The van der Waals surface area contributed by atoms with Crippen molar-refractivity contribution < 1.29 is 4.79 Å². The Bertz CT molecular complexity index is 450. The Balaban J connectivity index is 2.13. The van der Waals surface area contributed by atoms with Crippen molar-refractivity contribution in [3.8, 4) is 0 Å². The predicted molar refractivity (Wildman–Crippen MR) is 79.5 cm³/mol. The summed E-state index contributed by atoms with van der Waals surface area (Å²) in [6, 6.07) is 6.73. The van der Waals surface area contributed by atoms with E-state index in [1.807, 2.05) is 11.9 Å². The number of benzene rings is 1. The van der Waals surface area contributed by atoms with Crippen LogP contribution in [-0.2, 0) is 4.79 Å². The van der Waals surface area contributed by atoms with E-state index >= 15 is 0 Å². The highest BCUT2D eigenvalue weighted by molar-refractivity contribution is 5.94. The largest absolute Gasteiger partial charge is 0.315 e. The fourth-order valence-electron chi connectivity index (χ4n) is 2.90. The average molecular weight is 260 g/mol. The molecule has 0 aliphatic carbocycles. The summed E-state index contributed by atoms with van der Waals surface area (Å²) in [7, 11) is 1.89. The Kier molecular flexibility index (Phi) is 4.25. The van der Waals surface area contributed by atoms with Crippen molar-refractivity contribution in [3.63, 3.8) is 0 Å². The van der Waals surface area contributed by atoms with E-state index in [1.54, 1.807) is 0 Å². The number of piperidine rings is 1. The first kappa shape index (κ1) is 14.1. The second-order valence-electron chi connectivity index (χ2n) is 5.82. The summed E-state index contributed by atoms with van der Waals surface area (Å²) >= 11 is 0. The summed E-state index contributed by atoms with van der Waals surface area (Å²) in [5, 5.41) is 3.39. The van der Waals surface area contributed by atoms with Crippen LogP contribution in [0.4, 0.5) is 5.69 Å². The molecule has 19 heavy (non-hydrogen) atoms. The molecule has 1 N–H and O–H groups in total. The van der Waals surface area contributed by atoms with Gasteiger partial charge in [-0.3, -0.25) is 4.79 Å². The van der Waals surface area contributed by atoms with Crippen LogP contribution in [0, 0.1) is 19.8 Å². The molecule has 1 heterocycles. The minimum Gasteiger partial charge on any atom is -0.315 e. The summed E-state index contributed by atoms with van der Waals surface area (Å²) in [5.41, 5.74) is 3.41. The number of rotatable bonds is 2. The lowest BCUT2D eigenvalue weighted by atomic mass is 9.92. The van der Waals surface area contributed by atoms with Gasteiger partial charge in [0, 0.05) is 24.7 Å². The van der Waals surface area contributed by atoms with Crippen LogP contribution in [0.1, 0.15) is 30.9 Å². The molecule has 3 nitrogen and oxygen atoms in total. The molecule has 1 amide bonds. The van der Waals surface area contributed by atoms with Gasteiger partial charge in [0.2, 0.25) is 5.91 Å². The van der Waals surface area contributed by atoms with Gasteiger partial charge >= 0.3 is 0 Å². The third-order valence-corrected chi connectivity index (χ3v) is 3.90. The Morgan fingerprint density at radius 1 is 1.26 bits per heavy atom. The molecule has 104 valence electrons. The molecule has 1 aliphatic rings. The average Bonchev–Trinajstić information content (AvgIpc) is 2.36. The summed E-state index contributed by atoms with van der Waals surface area (Å²) in [5.74, 6) is 0.403. The van der Waals surface area contributed by atoms with Crippen LogP contribution in [0.5, 0.6) is 0 Å². The van der Waals surface area contributed by atoms with Gasteiger partial charge in [-0.15, -0.1) is 0 Å². The fourth-order valence-corrected chi connectivity index (χ4v) is 2.90. The summed E-state index contributed by atoms with van der Waals surface area (Å²) in [4.78, 5) is 14.4. The van der Waals surface area contributed by atoms with E-state index in [4.69, 9.17) is 0 Å². The second-order valence-corrected chi connectivity index (χ2v) is 5.82. The van der Waals surface area contributed by atoms with Gasteiger partial charge < -0.3 is 10.2 Å². The number of hydrogen-bond donors (Lipinski definition) is 1. The van der Waals surface area contributed by atoms with E-state index in [2.05, 4.69) is 44.3 Å². The van der Waals surface area contributed by atoms with E-state index in [9.17, 15) is 4.79 Å². The highest BCUT2D eigenvalue weighted by Crippen LogP contribution is 2.23. The Labute approximate surface area is 116 Å². The van der Waals surface area contributed by atoms with Crippen LogP contribution in [0.15, 0.2) is 18.2 Å². The van der Waals surface area contributed by atoms with Gasteiger partial charge in [-0.1, -0.05) is 6.07 Å². The number of amides is 1. The van der Waals surface area contributed by atoms with Gasteiger partial charge in [0.05, 0.1) is 0 Å². The molecule has 1 saturated heterocycles. The molecule has 2 rings (SSSR count). The summed E-state index contributed by atoms with van der Waals surface area (Å²) in [6.07, 6.45) is 1.88. The topological polar surface area (TPSA) is 32.3 Å². The van der Waals surface area contributed by atoms with Crippen molar-refractivity contribution in [3.05, 3.63) is 29.3 Å². The molecular formula is C16H24N2O. The maximum atomic E-state index is 12.6. The van der Waals surface area contributed by atoms with Gasteiger partial charge in [-0.25, -0.2) is 0 Å². The van der Waals surface area contributed by atoms with Crippen molar-refractivity contribution in [1.29, 1.82) is 0 Å². The molecule has 1 aromatic carbocycles. The molecule has 1 fully saturated rings. The number of aryl methyl sites for hydroxylation is 2. The van der Waals surface area contributed by atoms with Gasteiger partial charge in [0.25, 0.3) is 0 Å². The van der Waals surface area contributed by atoms with Crippen LogP contribution in [0.3, 0.4) is 0 Å². The molecule has 0 radical (unpaired) electrons. The third-order valence-electron chi connectivity index (χ3n) is 3.90. The molecule has 3 heteroatoms. The lowest BCUT2D eigenvalue weighted by Crippen LogP contribution is -2.43. The third kappa shape index (κ3) is 3.35. The maximum Gasteiger partial charge on any atom is 0.229 e. The SMILES string of the molecule is Cc1cc(C)cc(N(C)C(=O)C2CCNC(C)C2)c1. The number of nitrogens with one attached hydrogen (secondary N) is 1. The first-order chi connectivity index (χ1) is 8.97. The van der Waals surface area contributed by atoms with E-state index in [1.165, 1.54) is 11.1 Å².